The van der Waals surface area contributed by atoms with Gasteiger partial charge in [-0.3, -0.25) is 9.59 Å². The molecule has 3 nitrogen and oxygen atoms in total. The summed E-state index contributed by atoms with van der Waals surface area (Å²) in [4.78, 5) is 21.5. The molecule has 0 radical (unpaired) electrons. The summed E-state index contributed by atoms with van der Waals surface area (Å²) in [6, 6.07) is 0. The van der Waals surface area contributed by atoms with Crippen LogP contribution < -0.4 is 0 Å². The molecule has 3 heteroatoms. The fraction of sp³-hybridized carbons (Fsp3) is 0.750. The summed E-state index contributed by atoms with van der Waals surface area (Å²) in [5, 5.41) is 8.79. The fourth-order valence-corrected chi connectivity index (χ4v) is 0.616. The van der Waals surface area contributed by atoms with E-state index >= 15 is 0 Å². The number of aliphatic hydroxyl groups excluding tert-OH is 1. The third-order valence-corrected chi connectivity index (χ3v) is 1.67. The van der Waals surface area contributed by atoms with Crippen molar-refractivity contribution >= 4 is 11.6 Å². The Balaban J connectivity index is 3.85. The van der Waals surface area contributed by atoms with Crippen molar-refractivity contribution in [2.24, 2.45) is 5.92 Å². The molecule has 0 heterocycles. The van der Waals surface area contributed by atoms with Gasteiger partial charge in [0.15, 0.2) is 5.78 Å². The van der Waals surface area contributed by atoms with Gasteiger partial charge in [-0.05, 0) is 13.8 Å². The molecule has 0 spiro atoms. The number of ketones is 2. The van der Waals surface area contributed by atoms with Gasteiger partial charge in [-0.1, -0.05) is 6.92 Å². The lowest BCUT2D eigenvalue weighted by Crippen LogP contribution is -2.21. The first-order valence-corrected chi connectivity index (χ1v) is 3.66. The largest absolute Gasteiger partial charge is 0.386 e. The number of carbonyl (C=O) groups excluding carboxylic acids is 2. The number of carbonyl (C=O) groups is 2. The molecule has 0 aliphatic carbocycles. The van der Waals surface area contributed by atoms with Crippen molar-refractivity contribution in [3.63, 3.8) is 0 Å². The maximum absolute atomic E-state index is 10.9. The zero-order valence-corrected chi connectivity index (χ0v) is 7.13. The van der Waals surface area contributed by atoms with E-state index in [0.29, 0.717) is 0 Å². The quantitative estimate of drug-likeness (QED) is 0.650. The van der Waals surface area contributed by atoms with Crippen molar-refractivity contribution in [3.8, 4) is 0 Å². The molecule has 0 aromatic heterocycles. The average molecular weight is 158 g/mol. The maximum atomic E-state index is 10.9. The Kier molecular flexibility index (Phi) is 3.97. The van der Waals surface area contributed by atoms with E-state index in [-0.39, 0.29) is 23.9 Å². The van der Waals surface area contributed by atoms with E-state index in [1.54, 1.807) is 6.92 Å². The summed E-state index contributed by atoms with van der Waals surface area (Å²) >= 11 is 0. The van der Waals surface area contributed by atoms with E-state index in [9.17, 15) is 9.59 Å². The highest BCUT2D eigenvalue weighted by atomic mass is 16.3. The number of hydrogen-bond acceptors (Lipinski definition) is 3. The van der Waals surface area contributed by atoms with Crippen LogP contribution in [0.15, 0.2) is 0 Å². The van der Waals surface area contributed by atoms with Gasteiger partial charge in [0, 0.05) is 12.3 Å². The average Bonchev–Trinajstić information content (AvgIpc) is 1.87. The summed E-state index contributed by atoms with van der Waals surface area (Å²) in [7, 11) is 0. The van der Waals surface area contributed by atoms with Crippen molar-refractivity contribution in [3.05, 3.63) is 0 Å². The van der Waals surface area contributed by atoms with E-state index < -0.39 is 6.10 Å². The highest BCUT2D eigenvalue weighted by Gasteiger charge is 2.16. The first-order chi connectivity index (χ1) is 4.95. The Bertz CT molecular complexity index is 161. The molecule has 0 rings (SSSR count). The minimum Gasteiger partial charge on any atom is -0.386 e. The lowest BCUT2D eigenvalue weighted by Gasteiger charge is -2.07. The molecule has 0 aromatic rings. The van der Waals surface area contributed by atoms with Gasteiger partial charge in [0.1, 0.15) is 11.9 Å². The molecule has 2 atom stereocenters. The molecule has 0 saturated carbocycles. The van der Waals surface area contributed by atoms with E-state index in [0.717, 1.165) is 0 Å². The second-order valence-electron chi connectivity index (χ2n) is 2.86. The van der Waals surface area contributed by atoms with Gasteiger partial charge in [-0.15, -0.1) is 0 Å². The molecule has 11 heavy (non-hydrogen) atoms. The molecule has 2 unspecified atom stereocenters. The van der Waals surface area contributed by atoms with E-state index in [1.807, 2.05) is 0 Å². The van der Waals surface area contributed by atoms with Crippen LogP contribution >= 0.6 is 0 Å². The summed E-state index contributed by atoms with van der Waals surface area (Å²) in [5.41, 5.74) is 0. The first kappa shape index (κ1) is 10.3. The van der Waals surface area contributed by atoms with Gasteiger partial charge in [0.25, 0.3) is 0 Å². The zero-order valence-electron chi connectivity index (χ0n) is 7.13. The Labute approximate surface area is 66.4 Å². The van der Waals surface area contributed by atoms with Crippen LogP contribution in [0.1, 0.15) is 27.2 Å². The van der Waals surface area contributed by atoms with Crippen molar-refractivity contribution in [2.45, 2.75) is 33.3 Å². The van der Waals surface area contributed by atoms with Crippen molar-refractivity contribution in [1.82, 2.24) is 0 Å². The Morgan fingerprint density at radius 1 is 1.36 bits per heavy atom. The van der Waals surface area contributed by atoms with Crippen LogP contribution in [0.5, 0.6) is 0 Å². The summed E-state index contributed by atoms with van der Waals surface area (Å²) in [6.07, 6.45) is -0.802. The number of rotatable bonds is 4. The fourth-order valence-electron chi connectivity index (χ4n) is 0.616. The Hall–Kier alpha value is -0.700. The van der Waals surface area contributed by atoms with Crippen molar-refractivity contribution in [2.75, 3.05) is 0 Å². The first-order valence-electron chi connectivity index (χ1n) is 3.66. The number of Topliss-reactive ketones (excluding diaryl/α,β-unsaturated/α-hetero) is 2. The van der Waals surface area contributed by atoms with Crippen LogP contribution in [0, 0.1) is 5.92 Å². The Morgan fingerprint density at radius 2 is 1.82 bits per heavy atom. The lowest BCUT2D eigenvalue weighted by molar-refractivity contribution is -0.130. The van der Waals surface area contributed by atoms with E-state index in [4.69, 9.17) is 5.11 Å². The third-order valence-electron chi connectivity index (χ3n) is 1.67. The monoisotopic (exact) mass is 158 g/mol. The van der Waals surface area contributed by atoms with Crippen LogP contribution in [-0.2, 0) is 9.59 Å². The SMILES string of the molecule is CC(=O)C(C)CC(=O)C(C)O. The van der Waals surface area contributed by atoms with Gasteiger partial charge in [0.05, 0.1) is 0 Å². The maximum Gasteiger partial charge on any atom is 0.161 e. The van der Waals surface area contributed by atoms with E-state index in [2.05, 4.69) is 0 Å². The molecular weight excluding hydrogens is 144 g/mol. The zero-order chi connectivity index (χ0) is 9.02. The molecule has 0 aliphatic heterocycles. The molecule has 0 saturated heterocycles. The van der Waals surface area contributed by atoms with Gasteiger partial charge >= 0.3 is 0 Å². The summed E-state index contributed by atoms with van der Waals surface area (Å²) in [5.74, 6) is -0.552. The molecule has 1 N–H and O–H groups in total. The van der Waals surface area contributed by atoms with Crippen LogP contribution in [0.2, 0.25) is 0 Å². The van der Waals surface area contributed by atoms with Gasteiger partial charge in [-0.25, -0.2) is 0 Å². The normalized spacial score (nSPS) is 15.6. The molecule has 0 aliphatic rings. The van der Waals surface area contributed by atoms with Crippen molar-refractivity contribution < 1.29 is 14.7 Å². The van der Waals surface area contributed by atoms with Gasteiger partial charge in [0.2, 0.25) is 0 Å². The second kappa shape index (κ2) is 4.23. The highest BCUT2D eigenvalue weighted by molar-refractivity contribution is 5.88. The molecule has 64 valence electrons. The summed E-state index contributed by atoms with van der Waals surface area (Å²) in [6.45, 7) is 4.54. The number of aliphatic hydroxyl groups is 1. The predicted octanol–water partition coefficient (Wildman–Crippen LogP) is 0.551. The second-order valence-corrected chi connectivity index (χ2v) is 2.86. The minimum atomic E-state index is -0.947. The van der Waals surface area contributed by atoms with Crippen LogP contribution in [0.25, 0.3) is 0 Å². The van der Waals surface area contributed by atoms with Gasteiger partial charge < -0.3 is 5.11 Å². The predicted molar refractivity (Wildman–Crippen MR) is 41.1 cm³/mol. The van der Waals surface area contributed by atoms with Crippen LogP contribution in [0.4, 0.5) is 0 Å². The Morgan fingerprint density at radius 3 is 2.09 bits per heavy atom. The standard InChI is InChI=1S/C8H14O3/c1-5(6(2)9)4-8(11)7(3)10/h5,7,10H,4H2,1-3H3. The third kappa shape index (κ3) is 3.88. The molecule has 0 aromatic carbocycles. The topological polar surface area (TPSA) is 54.4 Å². The summed E-state index contributed by atoms with van der Waals surface area (Å²) < 4.78 is 0. The van der Waals surface area contributed by atoms with Crippen LogP contribution in [0.3, 0.4) is 0 Å². The lowest BCUT2D eigenvalue weighted by atomic mass is 9.99. The minimum absolute atomic E-state index is 0.0148. The van der Waals surface area contributed by atoms with Gasteiger partial charge in [-0.2, -0.15) is 0 Å². The molecule has 0 bridgehead atoms. The molecule has 0 amide bonds. The molecular formula is C8H14O3. The molecule has 0 fully saturated rings. The van der Waals surface area contributed by atoms with E-state index in [1.165, 1.54) is 13.8 Å². The smallest absolute Gasteiger partial charge is 0.161 e. The van der Waals surface area contributed by atoms with Crippen molar-refractivity contribution in [1.29, 1.82) is 0 Å². The highest BCUT2D eigenvalue weighted by Crippen LogP contribution is 2.05. The number of hydrogen-bond donors (Lipinski definition) is 1. The van der Waals surface area contributed by atoms with Crippen LogP contribution in [-0.4, -0.2) is 22.8 Å².